The van der Waals surface area contributed by atoms with E-state index in [9.17, 15) is 23.3 Å². The molecule has 3 N–H and O–H groups in total. The lowest BCUT2D eigenvalue weighted by Gasteiger charge is -2.12. The molecule has 1 amide bonds. The molecule has 0 fully saturated rings. The van der Waals surface area contributed by atoms with Crippen molar-refractivity contribution in [2.24, 2.45) is 0 Å². The maximum atomic E-state index is 12.7. The van der Waals surface area contributed by atoms with Crippen molar-refractivity contribution in [3.8, 4) is 5.75 Å². The molecule has 0 unspecified atom stereocenters. The van der Waals surface area contributed by atoms with Crippen molar-refractivity contribution in [1.29, 1.82) is 0 Å². The SMILES string of the molecule is Cc1cc(C)cc(NS(=O)(=O)c2ccc(NC(=S)NC(=O)COc3ccc([N+](=O)[O-])cc3)cc2)c1. The van der Waals surface area contributed by atoms with E-state index in [2.05, 4.69) is 15.4 Å². The predicted octanol–water partition coefficient (Wildman–Crippen LogP) is 3.90. The van der Waals surface area contributed by atoms with Crippen molar-refractivity contribution >= 4 is 50.3 Å². The monoisotopic (exact) mass is 514 g/mol. The molecule has 12 heteroatoms. The highest BCUT2D eigenvalue weighted by Crippen LogP contribution is 2.21. The van der Waals surface area contributed by atoms with Crippen LogP contribution in [0.2, 0.25) is 0 Å². The van der Waals surface area contributed by atoms with Crippen molar-refractivity contribution in [1.82, 2.24) is 5.32 Å². The second kappa shape index (κ2) is 10.9. The molecule has 0 spiro atoms. The second-order valence-electron chi connectivity index (χ2n) is 7.55. The lowest BCUT2D eigenvalue weighted by Crippen LogP contribution is -2.37. The number of carbonyl (C=O) groups is 1. The van der Waals surface area contributed by atoms with Gasteiger partial charge in [-0.3, -0.25) is 24.9 Å². The summed E-state index contributed by atoms with van der Waals surface area (Å²) in [6.07, 6.45) is 0. The van der Waals surface area contributed by atoms with E-state index < -0.39 is 20.9 Å². The predicted molar refractivity (Wildman–Crippen MR) is 136 cm³/mol. The van der Waals surface area contributed by atoms with E-state index in [0.29, 0.717) is 11.4 Å². The molecule has 0 atom stereocenters. The molecule has 3 aromatic carbocycles. The van der Waals surface area contributed by atoms with Gasteiger partial charge in [-0.05, 0) is 85.7 Å². The molecule has 0 aliphatic carbocycles. The lowest BCUT2D eigenvalue weighted by molar-refractivity contribution is -0.384. The Labute approximate surface area is 207 Å². The van der Waals surface area contributed by atoms with E-state index in [-0.39, 0.29) is 28.1 Å². The molecular weight excluding hydrogens is 492 g/mol. The molecule has 3 aromatic rings. The number of nitrogens with one attached hydrogen (secondary N) is 3. The molecule has 0 saturated heterocycles. The number of hydrogen-bond acceptors (Lipinski definition) is 7. The van der Waals surface area contributed by atoms with E-state index in [0.717, 1.165) is 11.1 Å². The van der Waals surface area contributed by atoms with Gasteiger partial charge in [-0.15, -0.1) is 0 Å². The van der Waals surface area contributed by atoms with Gasteiger partial charge in [-0.1, -0.05) is 6.07 Å². The molecule has 0 bridgehead atoms. The van der Waals surface area contributed by atoms with Crippen LogP contribution in [0.4, 0.5) is 17.1 Å². The van der Waals surface area contributed by atoms with Gasteiger partial charge in [0.2, 0.25) is 0 Å². The lowest BCUT2D eigenvalue weighted by atomic mass is 10.1. The van der Waals surface area contributed by atoms with E-state index in [1.807, 2.05) is 19.9 Å². The number of anilines is 2. The number of sulfonamides is 1. The van der Waals surface area contributed by atoms with Crippen LogP contribution < -0.4 is 20.1 Å². The maximum Gasteiger partial charge on any atom is 0.269 e. The van der Waals surface area contributed by atoms with E-state index in [1.54, 1.807) is 12.1 Å². The standard InChI is InChI=1S/C23H22N4O6S2/c1-15-11-16(2)13-18(12-15)26-35(31,32)21-9-3-17(4-10-21)24-23(34)25-22(28)14-33-20-7-5-19(6-8-20)27(29)30/h3-13,26H,14H2,1-2H3,(H2,24,25,28,34). The fourth-order valence-corrected chi connectivity index (χ4v) is 4.38. The van der Waals surface area contributed by atoms with Gasteiger partial charge >= 0.3 is 0 Å². The summed E-state index contributed by atoms with van der Waals surface area (Å²) in [5, 5.41) is 15.9. The van der Waals surface area contributed by atoms with Gasteiger partial charge in [0, 0.05) is 23.5 Å². The van der Waals surface area contributed by atoms with Crippen LogP contribution in [-0.4, -0.2) is 31.0 Å². The number of non-ortho nitro benzene ring substituents is 1. The normalized spacial score (nSPS) is 10.8. The van der Waals surface area contributed by atoms with Crippen molar-refractivity contribution < 1.29 is 22.9 Å². The van der Waals surface area contributed by atoms with Crippen LogP contribution in [0.25, 0.3) is 0 Å². The summed E-state index contributed by atoms with van der Waals surface area (Å²) in [4.78, 5) is 22.2. The summed E-state index contributed by atoms with van der Waals surface area (Å²) >= 11 is 5.10. The van der Waals surface area contributed by atoms with Crippen LogP contribution >= 0.6 is 12.2 Å². The Bertz CT molecular complexity index is 1340. The summed E-state index contributed by atoms with van der Waals surface area (Å²) in [6, 6.07) is 16.6. The molecule has 35 heavy (non-hydrogen) atoms. The van der Waals surface area contributed by atoms with Crippen molar-refractivity contribution in [3.63, 3.8) is 0 Å². The van der Waals surface area contributed by atoms with E-state index in [4.69, 9.17) is 17.0 Å². The van der Waals surface area contributed by atoms with Crippen LogP contribution in [0, 0.1) is 24.0 Å². The van der Waals surface area contributed by atoms with Crippen LogP contribution in [-0.2, 0) is 14.8 Å². The molecule has 0 radical (unpaired) electrons. The van der Waals surface area contributed by atoms with Gasteiger partial charge in [0.1, 0.15) is 5.75 Å². The zero-order chi connectivity index (χ0) is 25.6. The fourth-order valence-electron chi connectivity index (χ4n) is 3.10. The Balaban J connectivity index is 1.52. The van der Waals surface area contributed by atoms with E-state index >= 15 is 0 Å². The van der Waals surface area contributed by atoms with Crippen molar-refractivity contribution in [2.45, 2.75) is 18.7 Å². The number of nitro benzene ring substituents is 1. The first kappa shape index (κ1) is 25.6. The maximum absolute atomic E-state index is 12.7. The van der Waals surface area contributed by atoms with Crippen molar-refractivity contribution in [3.05, 3.63) is 88.0 Å². The topological polar surface area (TPSA) is 140 Å². The van der Waals surface area contributed by atoms with Gasteiger partial charge in [0.25, 0.3) is 21.6 Å². The van der Waals surface area contributed by atoms with Gasteiger partial charge in [0.05, 0.1) is 9.82 Å². The molecule has 0 aliphatic heterocycles. The highest BCUT2D eigenvalue weighted by atomic mass is 32.2. The highest BCUT2D eigenvalue weighted by Gasteiger charge is 2.15. The first-order valence-corrected chi connectivity index (χ1v) is 12.1. The molecule has 10 nitrogen and oxygen atoms in total. The summed E-state index contributed by atoms with van der Waals surface area (Å²) < 4.78 is 33.2. The summed E-state index contributed by atoms with van der Waals surface area (Å²) in [7, 11) is -3.79. The number of rotatable bonds is 8. The third-order valence-electron chi connectivity index (χ3n) is 4.57. The molecular formula is C23H22N4O6S2. The van der Waals surface area contributed by atoms with Gasteiger partial charge in [0.15, 0.2) is 11.7 Å². The number of ether oxygens (including phenoxy) is 1. The Morgan fingerprint density at radius 1 is 0.971 bits per heavy atom. The number of nitrogens with zero attached hydrogens (tertiary/aromatic N) is 1. The third kappa shape index (κ3) is 7.48. The average molecular weight is 515 g/mol. The number of benzene rings is 3. The zero-order valence-corrected chi connectivity index (χ0v) is 20.4. The molecule has 182 valence electrons. The third-order valence-corrected chi connectivity index (χ3v) is 6.17. The number of amides is 1. The Hall–Kier alpha value is -4.03. The summed E-state index contributed by atoms with van der Waals surface area (Å²) in [5.74, 6) is -0.256. The second-order valence-corrected chi connectivity index (χ2v) is 9.64. The number of aryl methyl sites for hydroxylation is 2. The van der Waals surface area contributed by atoms with Crippen LogP contribution in [0.1, 0.15) is 11.1 Å². The van der Waals surface area contributed by atoms with Gasteiger partial charge < -0.3 is 10.1 Å². The minimum atomic E-state index is -3.79. The van der Waals surface area contributed by atoms with Gasteiger partial charge in [-0.2, -0.15) is 0 Å². The first-order chi connectivity index (χ1) is 16.5. The number of carbonyl (C=O) groups excluding carboxylic acids is 1. The van der Waals surface area contributed by atoms with Crippen LogP contribution in [0.15, 0.2) is 71.6 Å². The Kier molecular flexibility index (Phi) is 7.99. The molecule has 0 aromatic heterocycles. The van der Waals surface area contributed by atoms with Crippen LogP contribution in [0.3, 0.4) is 0 Å². The number of thiocarbonyl (C=S) groups is 1. The average Bonchev–Trinajstić information content (AvgIpc) is 2.77. The van der Waals surface area contributed by atoms with Crippen LogP contribution in [0.5, 0.6) is 5.75 Å². The molecule has 0 aliphatic rings. The van der Waals surface area contributed by atoms with Crippen molar-refractivity contribution in [2.75, 3.05) is 16.6 Å². The molecule has 3 rings (SSSR count). The highest BCUT2D eigenvalue weighted by molar-refractivity contribution is 7.92. The Morgan fingerprint density at radius 2 is 1.57 bits per heavy atom. The molecule has 0 saturated carbocycles. The van der Waals surface area contributed by atoms with Gasteiger partial charge in [-0.25, -0.2) is 8.42 Å². The largest absolute Gasteiger partial charge is 0.484 e. The molecule has 0 heterocycles. The summed E-state index contributed by atoms with van der Waals surface area (Å²) in [5.41, 5.74) is 2.74. The fraction of sp³-hybridized carbons (Fsp3) is 0.130. The quantitative estimate of drug-likeness (QED) is 0.234. The summed E-state index contributed by atoms with van der Waals surface area (Å²) in [6.45, 7) is 3.41. The smallest absolute Gasteiger partial charge is 0.269 e. The number of hydrogen-bond donors (Lipinski definition) is 3. The number of nitro groups is 1. The Morgan fingerprint density at radius 3 is 2.14 bits per heavy atom. The minimum Gasteiger partial charge on any atom is -0.484 e. The minimum absolute atomic E-state index is 0.00809. The zero-order valence-electron chi connectivity index (χ0n) is 18.8. The van der Waals surface area contributed by atoms with E-state index in [1.165, 1.54) is 48.5 Å². The first-order valence-electron chi connectivity index (χ1n) is 10.2.